The van der Waals surface area contributed by atoms with Crippen LogP contribution in [0.15, 0.2) is 42.5 Å². The molecule has 1 amide bonds. The van der Waals surface area contributed by atoms with E-state index in [1.807, 2.05) is 32.9 Å². The van der Waals surface area contributed by atoms with Crippen molar-refractivity contribution < 1.29 is 14.4 Å². The van der Waals surface area contributed by atoms with Gasteiger partial charge in [0.05, 0.1) is 0 Å². The highest BCUT2D eigenvalue weighted by Gasteiger charge is 2.30. The van der Waals surface area contributed by atoms with Gasteiger partial charge in [0.1, 0.15) is 0 Å². The van der Waals surface area contributed by atoms with Crippen molar-refractivity contribution in [2.45, 2.75) is 27.2 Å². The van der Waals surface area contributed by atoms with Crippen LogP contribution in [0.3, 0.4) is 0 Å². The molecular weight excluding hydrogens is 302 g/mol. The Morgan fingerprint density at radius 1 is 0.875 bits per heavy atom. The highest BCUT2D eigenvalue weighted by Crippen LogP contribution is 2.34. The average molecular weight is 321 g/mol. The Morgan fingerprint density at radius 3 is 2.12 bits per heavy atom. The van der Waals surface area contributed by atoms with E-state index in [-0.39, 0.29) is 11.3 Å². The third kappa shape index (κ3) is 3.00. The van der Waals surface area contributed by atoms with Crippen LogP contribution in [-0.2, 0) is 4.79 Å². The van der Waals surface area contributed by atoms with Crippen LogP contribution in [0.4, 0.5) is 5.69 Å². The molecule has 2 aromatic carbocycles. The maximum Gasteiger partial charge on any atom is 0.234 e. The van der Waals surface area contributed by atoms with Crippen LogP contribution in [0, 0.1) is 5.41 Å². The minimum absolute atomic E-state index is 0.113. The molecule has 24 heavy (non-hydrogen) atoms. The van der Waals surface area contributed by atoms with E-state index in [2.05, 4.69) is 5.32 Å². The largest absolute Gasteiger partial charge is 0.326 e. The number of benzene rings is 2. The number of nitrogens with one attached hydrogen (secondary N) is 1. The minimum Gasteiger partial charge on any atom is -0.326 e. The van der Waals surface area contributed by atoms with Crippen molar-refractivity contribution >= 4 is 23.2 Å². The number of fused-ring (bicyclic) bond motifs is 3. The van der Waals surface area contributed by atoms with E-state index in [4.69, 9.17) is 0 Å². The zero-order valence-corrected chi connectivity index (χ0v) is 14.0. The highest BCUT2D eigenvalue weighted by molar-refractivity contribution is 6.53. The zero-order chi connectivity index (χ0) is 17.5. The van der Waals surface area contributed by atoms with Gasteiger partial charge >= 0.3 is 0 Å². The first-order valence-corrected chi connectivity index (χ1v) is 7.88. The standard InChI is InChI=1S/C20H19NO3/c1-20(2,3)11-17(22)21-12-8-9-14-13-6-4-5-7-15(13)18(23)19(24)16(14)10-12/h4-10H,11H2,1-3H3,(H,21,22). The van der Waals surface area contributed by atoms with Crippen LogP contribution in [0.2, 0.25) is 0 Å². The molecule has 1 N–H and O–H groups in total. The summed E-state index contributed by atoms with van der Waals surface area (Å²) in [5, 5.41) is 2.81. The number of carbonyl (C=O) groups excluding carboxylic acids is 3. The second-order valence-corrected chi connectivity index (χ2v) is 7.25. The Balaban J connectivity index is 1.96. The number of hydrogen-bond acceptors (Lipinski definition) is 3. The summed E-state index contributed by atoms with van der Waals surface area (Å²) in [7, 11) is 0. The van der Waals surface area contributed by atoms with Crippen molar-refractivity contribution in [2.75, 3.05) is 5.32 Å². The molecule has 0 heterocycles. The summed E-state index contributed by atoms with van der Waals surface area (Å²) >= 11 is 0. The second kappa shape index (κ2) is 5.71. The van der Waals surface area contributed by atoms with Gasteiger partial charge in [0.25, 0.3) is 0 Å². The van der Waals surface area contributed by atoms with Gasteiger partial charge in [-0.15, -0.1) is 0 Å². The summed E-state index contributed by atoms with van der Waals surface area (Å²) in [6.07, 6.45) is 0.375. The van der Waals surface area contributed by atoms with Gasteiger partial charge < -0.3 is 5.32 Å². The fourth-order valence-electron chi connectivity index (χ4n) is 2.89. The Morgan fingerprint density at radius 2 is 1.46 bits per heavy atom. The lowest BCUT2D eigenvalue weighted by Gasteiger charge is -2.20. The van der Waals surface area contributed by atoms with Gasteiger partial charge in [-0.2, -0.15) is 0 Å². The molecule has 122 valence electrons. The molecule has 0 unspecified atom stereocenters. The predicted molar refractivity (Wildman–Crippen MR) is 93.2 cm³/mol. The van der Waals surface area contributed by atoms with Crippen LogP contribution in [0.5, 0.6) is 0 Å². The Labute approximate surface area is 140 Å². The van der Waals surface area contributed by atoms with Gasteiger partial charge in [0, 0.05) is 23.2 Å². The first-order valence-electron chi connectivity index (χ1n) is 7.88. The molecule has 0 saturated carbocycles. The topological polar surface area (TPSA) is 63.2 Å². The number of amides is 1. The SMILES string of the molecule is CC(C)(C)CC(=O)Nc1ccc2c(c1)C(=O)C(=O)c1ccccc1-2. The lowest BCUT2D eigenvalue weighted by Crippen LogP contribution is -2.22. The van der Waals surface area contributed by atoms with Crippen molar-refractivity contribution in [3.05, 3.63) is 53.6 Å². The fraction of sp³-hybridized carbons (Fsp3) is 0.250. The summed E-state index contributed by atoms with van der Waals surface area (Å²) < 4.78 is 0. The third-order valence-corrected chi connectivity index (χ3v) is 3.91. The molecule has 3 rings (SSSR count). The maximum atomic E-state index is 12.4. The molecule has 0 radical (unpaired) electrons. The minimum atomic E-state index is -0.532. The predicted octanol–water partition coefficient (Wildman–Crippen LogP) is 4.11. The van der Waals surface area contributed by atoms with Gasteiger partial charge in [0.2, 0.25) is 17.5 Å². The number of hydrogen-bond donors (Lipinski definition) is 1. The molecule has 0 aliphatic heterocycles. The smallest absolute Gasteiger partial charge is 0.234 e. The summed E-state index contributed by atoms with van der Waals surface area (Å²) in [4.78, 5) is 36.7. The van der Waals surface area contributed by atoms with Gasteiger partial charge in [0.15, 0.2) is 0 Å². The van der Waals surface area contributed by atoms with Crippen molar-refractivity contribution in [3.8, 4) is 11.1 Å². The molecule has 4 heteroatoms. The molecule has 0 atom stereocenters. The van der Waals surface area contributed by atoms with Gasteiger partial charge in [-0.1, -0.05) is 51.1 Å². The molecule has 0 bridgehead atoms. The molecule has 4 nitrogen and oxygen atoms in total. The number of Topliss-reactive ketones (excluding diaryl/α,β-unsaturated/α-hetero) is 2. The fourth-order valence-corrected chi connectivity index (χ4v) is 2.89. The van der Waals surface area contributed by atoms with E-state index in [0.29, 0.717) is 23.2 Å². The highest BCUT2D eigenvalue weighted by atomic mass is 16.2. The van der Waals surface area contributed by atoms with E-state index < -0.39 is 11.6 Å². The van der Waals surface area contributed by atoms with Crippen LogP contribution < -0.4 is 5.32 Å². The average Bonchev–Trinajstić information content (AvgIpc) is 2.50. The number of anilines is 1. The maximum absolute atomic E-state index is 12.4. The Kier molecular flexibility index (Phi) is 3.84. The van der Waals surface area contributed by atoms with Crippen molar-refractivity contribution in [2.24, 2.45) is 5.41 Å². The van der Waals surface area contributed by atoms with Crippen molar-refractivity contribution in [1.29, 1.82) is 0 Å². The van der Waals surface area contributed by atoms with Crippen LogP contribution >= 0.6 is 0 Å². The molecule has 0 fully saturated rings. The monoisotopic (exact) mass is 321 g/mol. The van der Waals surface area contributed by atoms with Crippen molar-refractivity contribution in [3.63, 3.8) is 0 Å². The molecule has 0 spiro atoms. The molecule has 2 aromatic rings. The molecule has 0 saturated heterocycles. The molecule has 1 aliphatic rings. The van der Waals surface area contributed by atoms with E-state index in [1.54, 1.807) is 30.3 Å². The summed E-state index contributed by atoms with van der Waals surface area (Å²) in [6.45, 7) is 5.95. The first kappa shape index (κ1) is 16.1. The quantitative estimate of drug-likeness (QED) is 0.847. The molecular formula is C20H19NO3. The Bertz CT molecular complexity index is 859. The normalized spacial score (nSPS) is 13.3. The van der Waals surface area contributed by atoms with E-state index in [9.17, 15) is 14.4 Å². The van der Waals surface area contributed by atoms with E-state index >= 15 is 0 Å². The van der Waals surface area contributed by atoms with Gasteiger partial charge in [-0.3, -0.25) is 14.4 Å². The molecule has 0 aromatic heterocycles. The number of carbonyl (C=O) groups is 3. The summed E-state index contributed by atoms with van der Waals surface area (Å²) in [5.74, 6) is -1.15. The summed E-state index contributed by atoms with van der Waals surface area (Å²) in [5.41, 5.74) is 2.66. The Hall–Kier alpha value is -2.75. The molecule has 1 aliphatic carbocycles. The van der Waals surface area contributed by atoms with Crippen LogP contribution in [-0.4, -0.2) is 17.5 Å². The lowest BCUT2D eigenvalue weighted by atomic mass is 9.84. The first-order chi connectivity index (χ1) is 11.3. The van der Waals surface area contributed by atoms with Crippen molar-refractivity contribution in [1.82, 2.24) is 0 Å². The third-order valence-electron chi connectivity index (χ3n) is 3.91. The van der Waals surface area contributed by atoms with Gasteiger partial charge in [-0.05, 0) is 28.7 Å². The van der Waals surface area contributed by atoms with Crippen LogP contribution in [0.1, 0.15) is 47.9 Å². The van der Waals surface area contributed by atoms with E-state index in [0.717, 1.165) is 11.1 Å². The number of rotatable bonds is 2. The van der Waals surface area contributed by atoms with Crippen LogP contribution in [0.25, 0.3) is 11.1 Å². The zero-order valence-electron chi connectivity index (χ0n) is 14.0. The second-order valence-electron chi connectivity index (χ2n) is 7.25. The number of ketones is 2. The van der Waals surface area contributed by atoms with Gasteiger partial charge in [-0.25, -0.2) is 0 Å². The lowest BCUT2D eigenvalue weighted by molar-refractivity contribution is -0.117. The summed E-state index contributed by atoms with van der Waals surface area (Å²) in [6, 6.07) is 12.2. The van der Waals surface area contributed by atoms with E-state index in [1.165, 1.54) is 0 Å².